The first-order chi connectivity index (χ1) is 13.2. The molecule has 152 valence electrons. The van der Waals surface area contributed by atoms with E-state index in [0.717, 1.165) is 44.5 Å². The Morgan fingerprint density at radius 1 is 1.26 bits per heavy atom. The van der Waals surface area contributed by atoms with Crippen LogP contribution in [-0.4, -0.2) is 62.7 Å². The Bertz CT molecular complexity index is 551. The molecule has 1 atom stereocenters. The van der Waals surface area contributed by atoms with Gasteiger partial charge in [-0.1, -0.05) is 6.92 Å². The number of aliphatic imine (C=N–C) groups is 1. The van der Waals surface area contributed by atoms with Gasteiger partial charge in [0.1, 0.15) is 0 Å². The molecule has 0 saturated carbocycles. The van der Waals surface area contributed by atoms with Gasteiger partial charge in [0.25, 0.3) is 0 Å². The standard InChI is InChI=1S/C21H37N5S/c1-3-22-21(23-11-6-13-25-12-4-7-18(2)17-25)24-19-9-14-26(15-10-19)20-8-5-16-27-20/h5,8,16,18-19H,3-4,6-7,9-15,17H2,1-2H3,(H2,22,23,24). The molecule has 3 heterocycles. The molecule has 2 fully saturated rings. The Hall–Kier alpha value is -1.27. The van der Waals surface area contributed by atoms with Crippen LogP contribution in [0.1, 0.15) is 46.0 Å². The molecule has 0 bridgehead atoms. The number of rotatable bonds is 7. The molecule has 27 heavy (non-hydrogen) atoms. The van der Waals surface area contributed by atoms with Crippen LogP contribution in [0.4, 0.5) is 5.00 Å². The van der Waals surface area contributed by atoms with E-state index in [2.05, 4.69) is 51.8 Å². The average Bonchev–Trinajstić information content (AvgIpc) is 3.21. The van der Waals surface area contributed by atoms with Crippen LogP contribution >= 0.6 is 11.3 Å². The number of nitrogens with one attached hydrogen (secondary N) is 2. The molecule has 0 aliphatic carbocycles. The van der Waals surface area contributed by atoms with Crippen LogP contribution < -0.4 is 15.5 Å². The smallest absolute Gasteiger partial charge is 0.191 e. The molecule has 0 amide bonds. The minimum atomic E-state index is 0.530. The maximum atomic E-state index is 4.84. The highest BCUT2D eigenvalue weighted by Gasteiger charge is 2.20. The molecular formula is C21H37N5S. The van der Waals surface area contributed by atoms with Gasteiger partial charge in [-0.2, -0.15) is 0 Å². The first-order valence-electron chi connectivity index (χ1n) is 10.8. The second-order valence-corrected chi connectivity index (χ2v) is 8.95. The van der Waals surface area contributed by atoms with Gasteiger partial charge >= 0.3 is 0 Å². The highest BCUT2D eigenvalue weighted by atomic mass is 32.1. The van der Waals surface area contributed by atoms with Crippen molar-refractivity contribution < 1.29 is 0 Å². The van der Waals surface area contributed by atoms with E-state index >= 15 is 0 Å². The minimum absolute atomic E-state index is 0.530. The van der Waals surface area contributed by atoms with Crippen LogP contribution in [0.5, 0.6) is 0 Å². The number of nitrogens with zero attached hydrogens (tertiary/aromatic N) is 3. The lowest BCUT2D eigenvalue weighted by molar-refractivity contribution is 0.183. The maximum absolute atomic E-state index is 4.84. The average molecular weight is 392 g/mol. The Kier molecular flexibility index (Phi) is 8.27. The van der Waals surface area contributed by atoms with Gasteiger partial charge in [-0.15, -0.1) is 11.3 Å². The fourth-order valence-electron chi connectivity index (χ4n) is 4.18. The molecule has 5 nitrogen and oxygen atoms in total. The van der Waals surface area contributed by atoms with Crippen LogP contribution in [0.15, 0.2) is 22.5 Å². The molecule has 1 aromatic rings. The molecule has 2 aliphatic rings. The lowest BCUT2D eigenvalue weighted by Gasteiger charge is -2.33. The van der Waals surface area contributed by atoms with Crippen molar-refractivity contribution in [2.24, 2.45) is 10.9 Å². The van der Waals surface area contributed by atoms with Crippen LogP contribution in [-0.2, 0) is 0 Å². The molecular weight excluding hydrogens is 354 g/mol. The first kappa shape index (κ1) is 20.5. The largest absolute Gasteiger partial charge is 0.363 e. The predicted molar refractivity (Wildman–Crippen MR) is 118 cm³/mol. The van der Waals surface area contributed by atoms with E-state index in [9.17, 15) is 0 Å². The summed E-state index contributed by atoms with van der Waals surface area (Å²) in [5.41, 5.74) is 0. The van der Waals surface area contributed by atoms with E-state index in [1.54, 1.807) is 0 Å². The number of thiophene rings is 1. The van der Waals surface area contributed by atoms with E-state index in [-0.39, 0.29) is 0 Å². The minimum Gasteiger partial charge on any atom is -0.363 e. The SMILES string of the molecule is CCNC(=NCCCN1CCCC(C)C1)NC1CCN(c2cccs2)CC1. The van der Waals surface area contributed by atoms with Crippen LogP contribution in [0.3, 0.4) is 0 Å². The van der Waals surface area contributed by atoms with Crippen molar-refractivity contribution in [3.63, 3.8) is 0 Å². The zero-order chi connectivity index (χ0) is 18.9. The second-order valence-electron chi connectivity index (χ2n) is 8.02. The number of likely N-dealkylation sites (tertiary alicyclic amines) is 1. The molecule has 1 aromatic heterocycles. The van der Waals surface area contributed by atoms with Crippen LogP contribution in [0.25, 0.3) is 0 Å². The number of piperidine rings is 2. The number of guanidine groups is 1. The fraction of sp³-hybridized carbons (Fsp3) is 0.762. The summed E-state index contributed by atoms with van der Waals surface area (Å²) in [6, 6.07) is 4.90. The highest BCUT2D eigenvalue weighted by molar-refractivity contribution is 7.14. The van der Waals surface area contributed by atoms with Gasteiger partial charge in [-0.25, -0.2) is 0 Å². The Morgan fingerprint density at radius 2 is 2.11 bits per heavy atom. The third-order valence-electron chi connectivity index (χ3n) is 5.64. The van der Waals surface area contributed by atoms with Gasteiger partial charge in [0.2, 0.25) is 0 Å². The van der Waals surface area contributed by atoms with Crippen molar-refractivity contribution in [1.29, 1.82) is 0 Å². The zero-order valence-electron chi connectivity index (χ0n) is 17.1. The van der Waals surface area contributed by atoms with Gasteiger partial charge in [0, 0.05) is 38.8 Å². The summed E-state index contributed by atoms with van der Waals surface area (Å²) < 4.78 is 0. The fourth-order valence-corrected chi connectivity index (χ4v) is 4.97. The third-order valence-corrected chi connectivity index (χ3v) is 6.57. The summed E-state index contributed by atoms with van der Waals surface area (Å²) in [6.07, 6.45) is 6.26. The predicted octanol–water partition coefficient (Wildman–Crippen LogP) is 3.39. The lowest BCUT2D eigenvalue weighted by Crippen LogP contribution is -2.48. The van der Waals surface area contributed by atoms with Crippen LogP contribution in [0, 0.1) is 5.92 Å². The van der Waals surface area contributed by atoms with Gasteiger partial charge in [-0.05, 0) is 75.5 Å². The normalized spacial score (nSPS) is 22.8. The van der Waals surface area contributed by atoms with Crippen molar-refractivity contribution in [1.82, 2.24) is 15.5 Å². The molecule has 2 saturated heterocycles. The Labute approximate surface area is 169 Å². The number of hydrogen-bond donors (Lipinski definition) is 2. The molecule has 6 heteroatoms. The van der Waals surface area contributed by atoms with E-state index in [1.807, 2.05) is 11.3 Å². The van der Waals surface area contributed by atoms with Crippen molar-refractivity contribution in [2.45, 2.75) is 52.0 Å². The maximum Gasteiger partial charge on any atom is 0.191 e. The quantitative estimate of drug-likeness (QED) is 0.425. The van der Waals surface area contributed by atoms with Crippen LogP contribution in [0.2, 0.25) is 0 Å². The summed E-state index contributed by atoms with van der Waals surface area (Å²) in [4.78, 5) is 9.96. The van der Waals surface area contributed by atoms with Gasteiger partial charge in [0.05, 0.1) is 5.00 Å². The molecule has 2 aliphatic heterocycles. The summed E-state index contributed by atoms with van der Waals surface area (Å²) in [5.74, 6) is 1.86. The number of hydrogen-bond acceptors (Lipinski definition) is 4. The molecule has 0 spiro atoms. The molecule has 1 unspecified atom stereocenters. The monoisotopic (exact) mass is 391 g/mol. The lowest BCUT2D eigenvalue weighted by atomic mass is 10.0. The summed E-state index contributed by atoms with van der Waals surface area (Å²) in [6.45, 7) is 12.3. The van der Waals surface area contributed by atoms with E-state index in [1.165, 1.54) is 50.3 Å². The van der Waals surface area contributed by atoms with E-state index in [4.69, 9.17) is 4.99 Å². The topological polar surface area (TPSA) is 42.9 Å². The van der Waals surface area contributed by atoms with Gasteiger partial charge in [-0.3, -0.25) is 4.99 Å². The molecule has 2 N–H and O–H groups in total. The molecule has 0 aromatic carbocycles. The number of anilines is 1. The Balaban J connectivity index is 1.38. The first-order valence-corrected chi connectivity index (χ1v) is 11.7. The highest BCUT2D eigenvalue weighted by Crippen LogP contribution is 2.24. The summed E-state index contributed by atoms with van der Waals surface area (Å²) in [7, 11) is 0. The third kappa shape index (κ3) is 6.68. The molecule has 0 radical (unpaired) electrons. The Morgan fingerprint density at radius 3 is 2.81 bits per heavy atom. The zero-order valence-corrected chi connectivity index (χ0v) is 17.9. The van der Waals surface area contributed by atoms with E-state index < -0.39 is 0 Å². The second kappa shape index (κ2) is 10.9. The van der Waals surface area contributed by atoms with E-state index in [0.29, 0.717) is 6.04 Å². The van der Waals surface area contributed by atoms with Crippen molar-refractivity contribution in [3.05, 3.63) is 17.5 Å². The van der Waals surface area contributed by atoms with Crippen molar-refractivity contribution in [2.75, 3.05) is 50.7 Å². The van der Waals surface area contributed by atoms with Crippen molar-refractivity contribution >= 4 is 22.3 Å². The van der Waals surface area contributed by atoms with Gasteiger partial charge < -0.3 is 20.4 Å². The van der Waals surface area contributed by atoms with Crippen molar-refractivity contribution in [3.8, 4) is 0 Å². The summed E-state index contributed by atoms with van der Waals surface area (Å²) >= 11 is 1.84. The molecule has 3 rings (SSSR count). The summed E-state index contributed by atoms with van der Waals surface area (Å²) in [5, 5.41) is 10.7. The van der Waals surface area contributed by atoms with Gasteiger partial charge in [0.15, 0.2) is 5.96 Å².